The summed E-state index contributed by atoms with van der Waals surface area (Å²) in [7, 11) is 0. The van der Waals surface area contributed by atoms with Crippen LogP contribution in [-0.2, 0) is 9.53 Å². The topological polar surface area (TPSA) is 32.8 Å². The third-order valence-corrected chi connectivity index (χ3v) is 5.61. The van der Waals surface area contributed by atoms with E-state index in [1.807, 2.05) is 0 Å². The van der Waals surface area contributed by atoms with E-state index in [9.17, 15) is 4.79 Å². The summed E-state index contributed by atoms with van der Waals surface area (Å²) in [6.07, 6.45) is 4.28. The zero-order valence-electron chi connectivity index (χ0n) is 11.4. The maximum absolute atomic E-state index is 11.6. The van der Waals surface area contributed by atoms with E-state index in [-0.39, 0.29) is 11.9 Å². The van der Waals surface area contributed by atoms with Crippen molar-refractivity contribution in [3.05, 3.63) is 0 Å². The number of carbonyl (C=O) groups is 1. The fraction of sp³-hybridized carbons (Fsp3) is 0.929. The molecule has 0 amide bonds. The molecule has 0 aromatic carbocycles. The number of rotatable bonds is 5. The van der Waals surface area contributed by atoms with Crippen LogP contribution >= 0.6 is 22.9 Å². The van der Waals surface area contributed by atoms with Gasteiger partial charge in [0.2, 0.25) is 0 Å². The van der Waals surface area contributed by atoms with Gasteiger partial charge in [-0.1, -0.05) is 6.42 Å². The van der Waals surface area contributed by atoms with E-state index in [4.69, 9.17) is 4.74 Å². The molecule has 108 valence electrons. The highest BCUT2D eigenvalue weighted by atomic mass is 127. The number of fused-ring (bicyclic) bond motifs is 1. The van der Waals surface area contributed by atoms with E-state index in [2.05, 4.69) is 30.9 Å². The Hall–Kier alpha value is 0.120. The Kier molecular flexibility index (Phi) is 4.64. The number of hydrogen-bond acceptors (Lipinski definition) is 4. The summed E-state index contributed by atoms with van der Waals surface area (Å²) in [5.41, 5.74) is 0. The standard InChI is InChI=1S/C14H23IN2O2/c15-17-9-12-7-16(8-13(12)10-17)5-2-6-19-14(18)11-3-1-4-11/h11-13H,1-10H2/t12-,13+. The fourth-order valence-electron chi connectivity index (χ4n) is 3.44. The summed E-state index contributed by atoms with van der Waals surface area (Å²) >= 11 is 2.44. The summed E-state index contributed by atoms with van der Waals surface area (Å²) in [5, 5.41) is 0. The molecule has 19 heavy (non-hydrogen) atoms. The van der Waals surface area contributed by atoms with Crippen LogP contribution in [0.2, 0.25) is 0 Å². The molecule has 3 rings (SSSR count). The van der Waals surface area contributed by atoms with Crippen molar-refractivity contribution in [2.75, 3.05) is 39.3 Å². The van der Waals surface area contributed by atoms with Gasteiger partial charge >= 0.3 is 5.97 Å². The highest BCUT2D eigenvalue weighted by Gasteiger charge is 2.38. The lowest BCUT2D eigenvalue weighted by Gasteiger charge is -2.23. The van der Waals surface area contributed by atoms with E-state index >= 15 is 0 Å². The summed E-state index contributed by atoms with van der Waals surface area (Å²) < 4.78 is 7.76. The number of halogens is 1. The Morgan fingerprint density at radius 3 is 2.42 bits per heavy atom. The first-order valence-corrected chi connectivity index (χ1v) is 8.48. The summed E-state index contributed by atoms with van der Waals surface area (Å²) in [6.45, 7) is 6.67. The van der Waals surface area contributed by atoms with E-state index in [1.54, 1.807) is 0 Å². The van der Waals surface area contributed by atoms with Gasteiger partial charge in [-0.25, -0.2) is 3.11 Å². The summed E-state index contributed by atoms with van der Waals surface area (Å²) in [4.78, 5) is 14.1. The van der Waals surface area contributed by atoms with E-state index in [1.165, 1.54) is 32.6 Å². The van der Waals surface area contributed by atoms with Crippen LogP contribution in [0, 0.1) is 17.8 Å². The average molecular weight is 378 g/mol. The minimum atomic E-state index is 0.0464. The number of esters is 1. The molecule has 0 aromatic rings. The van der Waals surface area contributed by atoms with Gasteiger partial charge in [0, 0.05) is 55.6 Å². The Morgan fingerprint density at radius 1 is 1.16 bits per heavy atom. The molecule has 4 nitrogen and oxygen atoms in total. The molecule has 2 atom stereocenters. The van der Waals surface area contributed by atoms with E-state index in [0.29, 0.717) is 6.61 Å². The monoisotopic (exact) mass is 378 g/mol. The van der Waals surface area contributed by atoms with Crippen LogP contribution in [0.15, 0.2) is 0 Å². The van der Waals surface area contributed by atoms with Crippen molar-refractivity contribution >= 4 is 28.8 Å². The molecular formula is C14H23IN2O2. The Labute approximate surface area is 129 Å². The van der Waals surface area contributed by atoms with Gasteiger partial charge < -0.3 is 9.64 Å². The third kappa shape index (κ3) is 3.42. The second-order valence-corrected chi connectivity index (χ2v) is 7.62. The largest absolute Gasteiger partial charge is 0.465 e. The highest BCUT2D eigenvalue weighted by molar-refractivity contribution is 14.1. The molecule has 0 bridgehead atoms. The second kappa shape index (κ2) is 6.26. The third-order valence-electron chi connectivity index (χ3n) is 4.82. The van der Waals surface area contributed by atoms with Crippen LogP contribution in [0.3, 0.4) is 0 Å². The molecule has 2 heterocycles. The molecule has 0 N–H and O–H groups in total. The summed E-state index contributed by atoms with van der Waals surface area (Å²) in [5.74, 6) is 2.01. The highest BCUT2D eigenvalue weighted by Crippen LogP contribution is 2.32. The average Bonchev–Trinajstić information content (AvgIpc) is 2.78. The number of hydrogen-bond donors (Lipinski definition) is 0. The minimum absolute atomic E-state index is 0.0464. The molecule has 3 aliphatic rings. The van der Waals surface area contributed by atoms with Crippen molar-refractivity contribution in [3.63, 3.8) is 0 Å². The lowest BCUT2D eigenvalue weighted by Crippen LogP contribution is -2.28. The van der Waals surface area contributed by atoms with Gasteiger partial charge in [0.05, 0.1) is 12.5 Å². The molecular weight excluding hydrogens is 355 g/mol. The number of likely N-dealkylation sites (tertiary alicyclic amines) is 1. The van der Waals surface area contributed by atoms with Crippen molar-refractivity contribution in [2.45, 2.75) is 25.7 Å². The number of nitrogens with zero attached hydrogens (tertiary/aromatic N) is 2. The smallest absolute Gasteiger partial charge is 0.308 e. The van der Waals surface area contributed by atoms with Crippen LogP contribution in [-0.4, -0.2) is 53.3 Å². The zero-order valence-corrected chi connectivity index (χ0v) is 13.5. The molecule has 1 saturated carbocycles. The Balaban J connectivity index is 1.28. The SMILES string of the molecule is O=C(OCCCN1C[C@H]2CN(I)C[C@H]2C1)C1CCC1. The van der Waals surface area contributed by atoms with Crippen LogP contribution in [0.4, 0.5) is 0 Å². The van der Waals surface area contributed by atoms with Gasteiger partial charge in [-0.15, -0.1) is 0 Å². The maximum atomic E-state index is 11.6. The molecule has 2 aliphatic heterocycles. The van der Waals surface area contributed by atoms with Crippen molar-refractivity contribution in [3.8, 4) is 0 Å². The van der Waals surface area contributed by atoms with Crippen LogP contribution in [0.25, 0.3) is 0 Å². The predicted molar refractivity (Wildman–Crippen MR) is 81.9 cm³/mol. The molecule has 5 heteroatoms. The Bertz CT molecular complexity index is 321. The molecule has 1 aliphatic carbocycles. The van der Waals surface area contributed by atoms with Gasteiger partial charge in [-0.05, 0) is 31.1 Å². The molecule has 0 aromatic heterocycles. The fourth-order valence-corrected chi connectivity index (χ4v) is 4.45. The van der Waals surface area contributed by atoms with Gasteiger partial charge in [0.15, 0.2) is 0 Å². The van der Waals surface area contributed by atoms with E-state index in [0.717, 1.165) is 37.6 Å². The van der Waals surface area contributed by atoms with Crippen LogP contribution in [0.1, 0.15) is 25.7 Å². The lowest BCUT2D eigenvalue weighted by molar-refractivity contribution is -0.151. The molecule has 0 radical (unpaired) electrons. The minimum Gasteiger partial charge on any atom is -0.465 e. The van der Waals surface area contributed by atoms with Crippen molar-refractivity contribution < 1.29 is 9.53 Å². The zero-order chi connectivity index (χ0) is 13.2. The molecule has 0 spiro atoms. The van der Waals surface area contributed by atoms with Gasteiger partial charge in [-0.3, -0.25) is 4.79 Å². The number of ether oxygens (including phenoxy) is 1. The van der Waals surface area contributed by atoms with Crippen molar-refractivity contribution in [1.29, 1.82) is 0 Å². The molecule has 3 fully saturated rings. The van der Waals surface area contributed by atoms with Gasteiger partial charge in [0.25, 0.3) is 0 Å². The van der Waals surface area contributed by atoms with Gasteiger partial charge in [0.1, 0.15) is 0 Å². The van der Waals surface area contributed by atoms with Crippen molar-refractivity contribution in [2.24, 2.45) is 17.8 Å². The van der Waals surface area contributed by atoms with E-state index < -0.39 is 0 Å². The van der Waals surface area contributed by atoms with Crippen molar-refractivity contribution in [1.82, 2.24) is 8.01 Å². The number of carbonyl (C=O) groups excluding carboxylic acids is 1. The lowest BCUT2D eigenvalue weighted by atomic mass is 9.86. The van der Waals surface area contributed by atoms with Crippen LogP contribution in [0.5, 0.6) is 0 Å². The molecule has 2 saturated heterocycles. The predicted octanol–water partition coefficient (Wildman–Crippen LogP) is 1.93. The Morgan fingerprint density at radius 2 is 1.84 bits per heavy atom. The van der Waals surface area contributed by atoms with Gasteiger partial charge in [-0.2, -0.15) is 0 Å². The first-order valence-electron chi connectivity index (χ1n) is 7.52. The molecule has 0 unspecified atom stereocenters. The normalized spacial score (nSPS) is 32.3. The summed E-state index contributed by atoms with van der Waals surface area (Å²) in [6, 6.07) is 0. The quantitative estimate of drug-likeness (QED) is 0.317. The first kappa shape index (κ1) is 14.1. The van der Waals surface area contributed by atoms with Crippen LogP contribution < -0.4 is 0 Å². The second-order valence-electron chi connectivity index (χ2n) is 6.26. The first-order chi connectivity index (χ1) is 9.22. The maximum Gasteiger partial charge on any atom is 0.308 e.